The molecular formula is C11H19N3. The monoisotopic (exact) mass is 193 g/mol. The molecule has 78 valence electrons. The molecule has 0 aliphatic heterocycles. The topological polar surface area (TPSA) is 42.2 Å². The second-order valence-corrected chi connectivity index (χ2v) is 3.57. The van der Waals surface area contributed by atoms with E-state index in [1.807, 2.05) is 13.8 Å². The van der Waals surface area contributed by atoms with Gasteiger partial charge in [-0.15, -0.1) is 0 Å². The van der Waals surface area contributed by atoms with Crippen LogP contribution in [0.25, 0.3) is 0 Å². The van der Waals surface area contributed by atoms with Crippen molar-refractivity contribution in [2.75, 3.05) is 18.5 Å². The Kier molecular flexibility index (Phi) is 3.47. The quantitative estimate of drug-likeness (QED) is 0.793. The number of pyridine rings is 1. The zero-order valence-corrected chi connectivity index (χ0v) is 9.46. The van der Waals surface area contributed by atoms with Crippen LogP contribution in [0.5, 0.6) is 0 Å². The number of nitrogens with two attached hydrogens (primary N) is 1. The lowest BCUT2D eigenvalue weighted by atomic mass is 10.1. The van der Waals surface area contributed by atoms with Gasteiger partial charge >= 0.3 is 0 Å². The van der Waals surface area contributed by atoms with Crippen molar-refractivity contribution in [1.82, 2.24) is 4.98 Å². The normalized spacial score (nSPS) is 10.4. The van der Waals surface area contributed by atoms with Crippen molar-refractivity contribution in [2.24, 2.45) is 5.73 Å². The Balaban J connectivity index is 3.24. The Morgan fingerprint density at radius 1 is 1.43 bits per heavy atom. The van der Waals surface area contributed by atoms with Crippen LogP contribution >= 0.6 is 0 Å². The van der Waals surface area contributed by atoms with E-state index in [1.165, 1.54) is 5.69 Å². The minimum atomic E-state index is 0.554. The van der Waals surface area contributed by atoms with Crippen molar-refractivity contribution < 1.29 is 0 Å². The molecule has 2 N–H and O–H groups in total. The molecule has 0 saturated heterocycles. The summed E-state index contributed by atoms with van der Waals surface area (Å²) in [6.45, 7) is 7.70. The number of nitrogens with zero attached hydrogens (tertiary/aromatic N) is 2. The summed E-state index contributed by atoms with van der Waals surface area (Å²) in [6.07, 6.45) is 0. The number of anilines is 1. The van der Waals surface area contributed by atoms with E-state index in [-0.39, 0.29) is 0 Å². The van der Waals surface area contributed by atoms with Crippen molar-refractivity contribution in [3.8, 4) is 0 Å². The zero-order valence-electron chi connectivity index (χ0n) is 9.46. The molecule has 0 fully saturated rings. The molecule has 0 atom stereocenters. The van der Waals surface area contributed by atoms with Crippen LogP contribution in [-0.2, 0) is 6.54 Å². The Morgan fingerprint density at radius 2 is 2.07 bits per heavy atom. The molecule has 3 nitrogen and oxygen atoms in total. The van der Waals surface area contributed by atoms with Gasteiger partial charge in [0.25, 0.3) is 0 Å². The summed E-state index contributed by atoms with van der Waals surface area (Å²) < 4.78 is 0. The Labute approximate surface area is 85.9 Å². The molecule has 0 bridgehead atoms. The third kappa shape index (κ3) is 2.04. The lowest BCUT2D eigenvalue weighted by Gasteiger charge is -2.21. The number of hydrogen-bond donors (Lipinski definition) is 1. The molecule has 0 aliphatic rings. The molecule has 0 unspecified atom stereocenters. The molecule has 0 amide bonds. The molecule has 0 radical (unpaired) electrons. The van der Waals surface area contributed by atoms with E-state index < -0.39 is 0 Å². The number of rotatable bonds is 3. The third-order valence-electron chi connectivity index (χ3n) is 2.53. The maximum Gasteiger partial charge on any atom is 0.0445 e. The Hall–Kier alpha value is -1.09. The highest BCUT2D eigenvalue weighted by molar-refractivity contribution is 5.55. The molecule has 0 aliphatic carbocycles. The van der Waals surface area contributed by atoms with Gasteiger partial charge in [-0.3, -0.25) is 4.98 Å². The minimum Gasteiger partial charge on any atom is -0.375 e. The van der Waals surface area contributed by atoms with Gasteiger partial charge in [0.2, 0.25) is 0 Å². The maximum atomic E-state index is 5.73. The van der Waals surface area contributed by atoms with Crippen LogP contribution in [0.4, 0.5) is 5.69 Å². The lowest BCUT2D eigenvalue weighted by Crippen LogP contribution is -2.20. The molecule has 1 rings (SSSR count). The van der Waals surface area contributed by atoms with Gasteiger partial charge in [-0.25, -0.2) is 0 Å². The number of hydrogen-bond acceptors (Lipinski definition) is 3. The lowest BCUT2D eigenvalue weighted by molar-refractivity contribution is 0.913. The molecule has 14 heavy (non-hydrogen) atoms. The Bertz CT molecular complexity index is 321. The summed E-state index contributed by atoms with van der Waals surface area (Å²) in [6, 6.07) is 2.10. The van der Waals surface area contributed by atoms with E-state index in [0.717, 1.165) is 23.5 Å². The Morgan fingerprint density at radius 3 is 2.57 bits per heavy atom. The molecule has 1 heterocycles. The molecular weight excluding hydrogens is 174 g/mol. The second-order valence-electron chi connectivity index (χ2n) is 3.57. The van der Waals surface area contributed by atoms with Gasteiger partial charge in [0, 0.05) is 42.8 Å². The van der Waals surface area contributed by atoms with E-state index in [1.54, 1.807) is 0 Å². The summed E-state index contributed by atoms with van der Waals surface area (Å²) in [5, 5.41) is 0. The first-order chi connectivity index (χ1) is 6.60. The standard InChI is InChI=1S/C11H19N3/c1-5-14(4)11-6-8(2)13-9(3)10(11)7-12/h6H,5,7,12H2,1-4H3. The molecule has 0 saturated carbocycles. The fourth-order valence-corrected chi connectivity index (χ4v) is 1.60. The van der Waals surface area contributed by atoms with Crippen LogP contribution in [0, 0.1) is 13.8 Å². The van der Waals surface area contributed by atoms with E-state index in [9.17, 15) is 0 Å². The summed E-state index contributed by atoms with van der Waals surface area (Å²) in [7, 11) is 2.08. The fourth-order valence-electron chi connectivity index (χ4n) is 1.60. The van der Waals surface area contributed by atoms with E-state index in [4.69, 9.17) is 5.73 Å². The van der Waals surface area contributed by atoms with Gasteiger partial charge in [-0.05, 0) is 26.8 Å². The van der Waals surface area contributed by atoms with E-state index in [2.05, 4.69) is 29.9 Å². The largest absolute Gasteiger partial charge is 0.375 e. The first kappa shape index (κ1) is 11.0. The maximum absolute atomic E-state index is 5.73. The molecule has 1 aromatic rings. The predicted molar refractivity (Wildman–Crippen MR) is 60.5 cm³/mol. The first-order valence-electron chi connectivity index (χ1n) is 4.98. The minimum absolute atomic E-state index is 0.554. The predicted octanol–water partition coefficient (Wildman–Crippen LogP) is 1.61. The van der Waals surface area contributed by atoms with Crippen LogP contribution in [0.1, 0.15) is 23.9 Å². The molecule has 1 aromatic heterocycles. The number of aryl methyl sites for hydroxylation is 2. The van der Waals surface area contributed by atoms with Crippen molar-refractivity contribution in [1.29, 1.82) is 0 Å². The summed E-state index contributed by atoms with van der Waals surface area (Å²) in [4.78, 5) is 6.61. The highest BCUT2D eigenvalue weighted by atomic mass is 15.1. The highest BCUT2D eigenvalue weighted by Crippen LogP contribution is 2.22. The van der Waals surface area contributed by atoms with Crippen molar-refractivity contribution in [2.45, 2.75) is 27.3 Å². The molecule has 3 heteroatoms. The van der Waals surface area contributed by atoms with Crippen molar-refractivity contribution in [3.05, 3.63) is 23.0 Å². The summed E-state index contributed by atoms with van der Waals surface area (Å²) in [5.41, 5.74) is 10.2. The van der Waals surface area contributed by atoms with Gasteiger partial charge in [-0.1, -0.05) is 0 Å². The van der Waals surface area contributed by atoms with E-state index >= 15 is 0 Å². The van der Waals surface area contributed by atoms with Gasteiger partial charge in [-0.2, -0.15) is 0 Å². The van der Waals surface area contributed by atoms with Crippen molar-refractivity contribution >= 4 is 5.69 Å². The van der Waals surface area contributed by atoms with Gasteiger partial charge in [0.05, 0.1) is 0 Å². The first-order valence-corrected chi connectivity index (χ1v) is 4.98. The molecule has 0 aromatic carbocycles. The summed E-state index contributed by atoms with van der Waals surface area (Å²) in [5.74, 6) is 0. The van der Waals surface area contributed by atoms with E-state index in [0.29, 0.717) is 6.54 Å². The fraction of sp³-hybridized carbons (Fsp3) is 0.545. The van der Waals surface area contributed by atoms with Crippen LogP contribution < -0.4 is 10.6 Å². The van der Waals surface area contributed by atoms with Crippen LogP contribution in [0.3, 0.4) is 0 Å². The van der Waals surface area contributed by atoms with Crippen LogP contribution in [0.15, 0.2) is 6.07 Å². The number of aromatic nitrogens is 1. The average molecular weight is 193 g/mol. The smallest absolute Gasteiger partial charge is 0.0445 e. The van der Waals surface area contributed by atoms with Gasteiger partial charge < -0.3 is 10.6 Å². The highest BCUT2D eigenvalue weighted by Gasteiger charge is 2.09. The van der Waals surface area contributed by atoms with Crippen LogP contribution in [0.2, 0.25) is 0 Å². The van der Waals surface area contributed by atoms with Gasteiger partial charge in [0.15, 0.2) is 0 Å². The average Bonchev–Trinajstić information content (AvgIpc) is 2.15. The van der Waals surface area contributed by atoms with Crippen LogP contribution in [-0.4, -0.2) is 18.6 Å². The van der Waals surface area contributed by atoms with Crippen molar-refractivity contribution in [3.63, 3.8) is 0 Å². The van der Waals surface area contributed by atoms with Gasteiger partial charge in [0.1, 0.15) is 0 Å². The second kappa shape index (κ2) is 4.42. The summed E-state index contributed by atoms with van der Waals surface area (Å²) >= 11 is 0. The molecule has 0 spiro atoms. The zero-order chi connectivity index (χ0) is 10.7. The third-order valence-corrected chi connectivity index (χ3v) is 2.53. The SMILES string of the molecule is CCN(C)c1cc(C)nc(C)c1CN.